The number of nitrogens with one attached hydrogen (secondary N) is 1. The van der Waals surface area contributed by atoms with Gasteiger partial charge in [0, 0.05) is 17.6 Å². The third kappa shape index (κ3) is 5.08. The van der Waals surface area contributed by atoms with Crippen LogP contribution in [0.4, 0.5) is 0 Å². The highest BCUT2D eigenvalue weighted by molar-refractivity contribution is 9.10. The summed E-state index contributed by atoms with van der Waals surface area (Å²) in [5.41, 5.74) is 0.527. The summed E-state index contributed by atoms with van der Waals surface area (Å²) in [6.07, 6.45) is 4.74. The van der Waals surface area contributed by atoms with Gasteiger partial charge in [0.1, 0.15) is 18.5 Å². The van der Waals surface area contributed by atoms with Crippen LogP contribution in [-0.2, 0) is 0 Å². The van der Waals surface area contributed by atoms with E-state index >= 15 is 0 Å². The van der Waals surface area contributed by atoms with E-state index in [1.165, 1.54) is 25.7 Å². The summed E-state index contributed by atoms with van der Waals surface area (Å²) in [6.45, 7) is 4.18. The molecule has 2 N–H and O–H groups in total. The first-order valence-electron chi connectivity index (χ1n) is 7.41. The van der Waals surface area contributed by atoms with Crippen LogP contribution < -0.4 is 10.1 Å². The predicted octanol–water partition coefficient (Wildman–Crippen LogP) is 3.36. The van der Waals surface area contributed by atoms with E-state index in [0.29, 0.717) is 18.6 Å². The molecular formula is C16H24BrNO2. The van der Waals surface area contributed by atoms with Crippen LogP contribution in [0.25, 0.3) is 0 Å². The normalized spacial score (nSPS) is 17.8. The van der Waals surface area contributed by atoms with E-state index in [4.69, 9.17) is 4.74 Å². The van der Waals surface area contributed by atoms with Gasteiger partial charge >= 0.3 is 0 Å². The minimum atomic E-state index is -0.466. The molecule has 0 saturated heterocycles. The number of aliphatic hydroxyl groups is 1. The van der Waals surface area contributed by atoms with Gasteiger partial charge < -0.3 is 15.2 Å². The van der Waals surface area contributed by atoms with Crippen LogP contribution in [0.1, 0.15) is 32.6 Å². The first-order chi connectivity index (χ1) is 9.63. The highest BCUT2D eigenvalue weighted by Gasteiger charge is 2.40. The van der Waals surface area contributed by atoms with Gasteiger partial charge in [-0.3, -0.25) is 0 Å². The Morgan fingerprint density at radius 3 is 2.90 bits per heavy atom. The van der Waals surface area contributed by atoms with E-state index in [1.807, 2.05) is 24.3 Å². The summed E-state index contributed by atoms with van der Waals surface area (Å²) in [5, 5.41) is 13.3. The van der Waals surface area contributed by atoms with Crippen molar-refractivity contribution in [2.45, 2.75) is 38.7 Å². The monoisotopic (exact) mass is 341 g/mol. The van der Waals surface area contributed by atoms with Gasteiger partial charge in [0.2, 0.25) is 0 Å². The number of aliphatic hydroxyl groups excluding tert-OH is 1. The zero-order valence-electron chi connectivity index (χ0n) is 12.1. The molecule has 3 nitrogen and oxygen atoms in total. The van der Waals surface area contributed by atoms with Gasteiger partial charge in [-0.05, 0) is 42.9 Å². The number of halogens is 1. The Morgan fingerprint density at radius 2 is 2.25 bits per heavy atom. The van der Waals surface area contributed by atoms with Gasteiger partial charge in [0.25, 0.3) is 0 Å². The second-order valence-electron chi connectivity index (χ2n) is 5.80. The molecule has 0 aliphatic heterocycles. The fraction of sp³-hybridized carbons (Fsp3) is 0.625. The summed E-state index contributed by atoms with van der Waals surface area (Å²) in [4.78, 5) is 0. The minimum absolute atomic E-state index is 0.324. The molecule has 1 atom stereocenters. The van der Waals surface area contributed by atoms with Gasteiger partial charge in [-0.1, -0.05) is 35.3 Å². The van der Waals surface area contributed by atoms with Gasteiger partial charge in [0.05, 0.1) is 0 Å². The Kier molecular flexibility index (Phi) is 5.87. The minimum Gasteiger partial charge on any atom is -0.491 e. The lowest BCUT2D eigenvalue weighted by Crippen LogP contribution is -2.34. The molecule has 1 aromatic carbocycles. The van der Waals surface area contributed by atoms with Crippen LogP contribution in [0.15, 0.2) is 28.7 Å². The number of rotatable bonds is 9. The molecular weight excluding hydrogens is 318 g/mol. The molecule has 0 amide bonds. The van der Waals surface area contributed by atoms with E-state index in [9.17, 15) is 5.11 Å². The lowest BCUT2D eigenvalue weighted by Gasteiger charge is -2.17. The molecule has 20 heavy (non-hydrogen) atoms. The van der Waals surface area contributed by atoms with Crippen LogP contribution in [0.5, 0.6) is 5.75 Å². The summed E-state index contributed by atoms with van der Waals surface area (Å²) in [6, 6.07) is 7.67. The second kappa shape index (κ2) is 7.43. The summed E-state index contributed by atoms with van der Waals surface area (Å²) < 4.78 is 6.56. The van der Waals surface area contributed by atoms with E-state index in [-0.39, 0.29) is 0 Å². The lowest BCUT2D eigenvalue weighted by molar-refractivity contribution is 0.105. The Morgan fingerprint density at radius 1 is 1.45 bits per heavy atom. The lowest BCUT2D eigenvalue weighted by atomic mass is 10.0. The molecule has 2 rings (SSSR count). The molecule has 1 aliphatic rings. The average molecular weight is 342 g/mol. The van der Waals surface area contributed by atoms with Crippen molar-refractivity contribution in [1.29, 1.82) is 0 Å². The smallest absolute Gasteiger partial charge is 0.120 e. The Bertz CT molecular complexity index is 421. The van der Waals surface area contributed by atoms with Crippen LogP contribution in [0.2, 0.25) is 0 Å². The highest BCUT2D eigenvalue weighted by Crippen LogP contribution is 2.48. The molecule has 1 aromatic rings. The summed E-state index contributed by atoms with van der Waals surface area (Å²) >= 11 is 3.40. The first-order valence-corrected chi connectivity index (χ1v) is 8.20. The molecule has 1 saturated carbocycles. The van der Waals surface area contributed by atoms with Crippen molar-refractivity contribution < 1.29 is 9.84 Å². The molecule has 0 heterocycles. The second-order valence-corrected chi connectivity index (χ2v) is 6.72. The van der Waals surface area contributed by atoms with Crippen molar-refractivity contribution in [2.24, 2.45) is 5.41 Å². The standard InChI is InChI=1S/C16H24BrNO2/c1-2-6-16(7-8-16)12-18-10-14(19)11-20-15-5-3-4-13(17)9-15/h3-5,9,14,18-19H,2,6-8,10-12H2,1H3. The molecule has 0 spiro atoms. The summed E-state index contributed by atoms with van der Waals surface area (Å²) in [5.74, 6) is 0.781. The van der Waals surface area contributed by atoms with Crippen molar-refractivity contribution in [3.63, 3.8) is 0 Å². The highest BCUT2D eigenvalue weighted by atomic mass is 79.9. The van der Waals surface area contributed by atoms with Gasteiger partial charge in [-0.15, -0.1) is 0 Å². The van der Waals surface area contributed by atoms with E-state index in [1.54, 1.807) is 0 Å². The number of ether oxygens (including phenoxy) is 1. The molecule has 1 aliphatic carbocycles. The number of hydrogen-bond donors (Lipinski definition) is 2. The van der Waals surface area contributed by atoms with Crippen LogP contribution in [0.3, 0.4) is 0 Å². The Hall–Kier alpha value is -0.580. The van der Waals surface area contributed by atoms with Crippen molar-refractivity contribution in [2.75, 3.05) is 19.7 Å². The van der Waals surface area contributed by atoms with Crippen molar-refractivity contribution >= 4 is 15.9 Å². The predicted molar refractivity (Wildman–Crippen MR) is 85.1 cm³/mol. The molecule has 0 bridgehead atoms. The fourth-order valence-electron chi connectivity index (χ4n) is 2.53. The molecule has 0 aromatic heterocycles. The van der Waals surface area contributed by atoms with E-state index in [2.05, 4.69) is 28.2 Å². The summed E-state index contributed by atoms with van der Waals surface area (Å²) in [7, 11) is 0. The molecule has 112 valence electrons. The van der Waals surface area contributed by atoms with Crippen LogP contribution in [0, 0.1) is 5.41 Å². The quantitative estimate of drug-likeness (QED) is 0.723. The average Bonchev–Trinajstić information content (AvgIpc) is 3.17. The maximum absolute atomic E-state index is 9.93. The van der Waals surface area contributed by atoms with Crippen LogP contribution >= 0.6 is 15.9 Å². The Labute approximate surface area is 129 Å². The number of hydrogen-bond acceptors (Lipinski definition) is 3. The van der Waals surface area contributed by atoms with Crippen molar-refractivity contribution in [3.05, 3.63) is 28.7 Å². The zero-order valence-corrected chi connectivity index (χ0v) is 13.7. The van der Waals surface area contributed by atoms with Crippen molar-refractivity contribution in [1.82, 2.24) is 5.32 Å². The van der Waals surface area contributed by atoms with Gasteiger partial charge in [0.15, 0.2) is 0 Å². The largest absolute Gasteiger partial charge is 0.491 e. The van der Waals surface area contributed by atoms with Gasteiger partial charge in [-0.25, -0.2) is 0 Å². The molecule has 4 heteroatoms. The SMILES string of the molecule is CCCC1(CNCC(O)COc2cccc(Br)c2)CC1. The molecule has 0 radical (unpaired) electrons. The maximum atomic E-state index is 9.93. The molecule has 1 unspecified atom stereocenters. The van der Waals surface area contributed by atoms with E-state index < -0.39 is 6.10 Å². The first kappa shape index (κ1) is 15.8. The maximum Gasteiger partial charge on any atom is 0.120 e. The third-order valence-corrected chi connectivity index (χ3v) is 4.35. The van der Waals surface area contributed by atoms with Crippen molar-refractivity contribution in [3.8, 4) is 5.75 Å². The van der Waals surface area contributed by atoms with Gasteiger partial charge in [-0.2, -0.15) is 0 Å². The third-order valence-electron chi connectivity index (χ3n) is 3.86. The Balaban J connectivity index is 1.62. The molecule has 1 fully saturated rings. The van der Waals surface area contributed by atoms with E-state index in [0.717, 1.165) is 16.8 Å². The topological polar surface area (TPSA) is 41.5 Å². The fourth-order valence-corrected chi connectivity index (χ4v) is 2.91. The van der Waals surface area contributed by atoms with Crippen LogP contribution in [-0.4, -0.2) is 30.9 Å². The number of benzene rings is 1. The zero-order chi connectivity index (χ0) is 14.4.